The molecule has 0 rings (SSSR count). The van der Waals surface area contributed by atoms with Gasteiger partial charge >= 0.3 is 0 Å². The molecule has 0 amide bonds. The molecule has 0 aromatic carbocycles. The topological polar surface area (TPSA) is 36.4 Å². The van der Waals surface area contributed by atoms with Crippen LogP contribution in [0.5, 0.6) is 0 Å². The molecule has 0 aromatic heterocycles. The molecule has 2 N–H and O–H groups in total. The molecular weight excluding hydrogens is 254 g/mol. The quantitative estimate of drug-likeness (QED) is 0.346. The van der Waals surface area contributed by atoms with Gasteiger partial charge in [-0.05, 0) is 45.1 Å². The van der Waals surface area contributed by atoms with Crippen molar-refractivity contribution in [2.75, 3.05) is 25.1 Å². The van der Waals surface area contributed by atoms with Crippen LogP contribution in [-0.4, -0.2) is 37.1 Å². The zero-order valence-electron chi connectivity index (χ0n) is 13.3. The fourth-order valence-corrected chi connectivity index (χ4v) is 2.37. The van der Waals surface area contributed by atoms with E-state index in [0.717, 1.165) is 19.0 Å². The first-order valence-corrected chi connectivity index (χ1v) is 9.17. The molecule has 19 heavy (non-hydrogen) atoms. The molecule has 0 aliphatic rings. The van der Waals surface area contributed by atoms with Crippen molar-refractivity contribution in [3.05, 3.63) is 0 Å². The van der Waals surface area contributed by atoms with E-state index in [0.29, 0.717) is 6.04 Å². The van der Waals surface area contributed by atoms with Crippen LogP contribution in [0.1, 0.15) is 59.3 Å². The fraction of sp³-hybridized carbons (Fsp3) is 0.933. The standard InChI is InChI=1S/C15H33N3S/c1-5-7-8-11-14(3)18-15(16-6-2)17-12-9-10-13-19-4/h14H,5-13H2,1-4H3,(H2,16,17,18). The summed E-state index contributed by atoms with van der Waals surface area (Å²) in [6.07, 6.45) is 9.75. The van der Waals surface area contributed by atoms with Gasteiger partial charge in [-0.15, -0.1) is 0 Å². The Balaban J connectivity index is 3.90. The number of nitrogens with zero attached hydrogens (tertiary/aromatic N) is 1. The molecule has 0 saturated heterocycles. The molecule has 0 bridgehead atoms. The van der Waals surface area contributed by atoms with Crippen molar-refractivity contribution in [1.82, 2.24) is 10.6 Å². The van der Waals surface area contributed by atoms with Crippen LogP contribution >= 0.6 is 11.8 Å². The first kappa shape index (κ1) is 18.6. The van der Waals surface area contributed by atoms with Gasteiger partial charge in [0.05, 0.1) is 0 Å². The summed E-state index contributed by atoms with van der Waals surface area (Å²) in [4.78, 5) is 4.64. The second-order valence-electron chi connectivity index (χ2n) is 5.00. The van der Waals surface area contributed by atoms with Crippen LogP contribution < -0.4 is 10.6 Å². The molecule has 0 heterocycles. The van der Waals surface area contributed by atoms with Crippen LogP contribution in [0.3, 0.4) is 0 Å². The number of hydrogen-bond donors (Lipinski definition) is 2. The van der Waals surface area contributed by atoms with Crippen molar-refractivity contribution in [3.8, 4) is 0 Å². The van der Waals surface area contributed by atoms with Gasteiger partial charge in [0.2, 0.25) is 0 Å². The van der Waals surface area contributed by atoms with Crippen molar-refractivity contribution < 1.29 is 0 Å². The van der Waals surface area contributed by atoms with Crippen molar-refractivity contribution in [2.24, 2.45) is 4.99 Å². The zero-order valence-corrected chi connectivity index (χ0v) is 14.1. The second kappa shape index (κ2) is 14.0. The predicted octanol–water partition coefficient (Wildman–Crippen LogP) is 3.65. The van der Waals surface area contributed by atoms with Crippen LogP contribution in [0.15, 0.2) is 4.99 Å². The van der Waals surface area contributed by atoms with Gasteiger partial charge in [0, 0.05) is 19.1 Å². The van der Waals surface area contributed by atoms with Crippen LogP contribution in [0.2, 0.25) is 0 Å². The lowest BCUT2D eigenvalue weighted by Crippen LogP contribution is -2.42. The van der Waals surface area contributed by atoms with Crippen LogP contribution in [0.25, 0.3) is 0 Å². The highest BCUT2D eigenvalue weighted by Gasteiger charge is 2.04. The predicted molar refractivity (Wildman–Crippen MR) is 90.3 cm³/mol. The first-order valence-electron chi connectivity index (χ1n) is 7.78. The van der Waals surface area contributed by atoms with Gasteiger partial charge < -0.3 is 10.6 Å². The minimum absolute atomic E-state index is 0.510. The van der Waals surface area contributed by atoms with E-state index >= 15 is 0 Å². The van der Waals surface area contributed by atoms with Gasteiger partial charge in [-0.3, -0.25) is 4.99 Å². The Morgan fingerprint density at radius 1 is 1.16 bits per heavy atom. The van der Waals surface area contributed by atoms with Crippen molar-refractivity contribution >= 4 is 17.7 Å². The first-order chi connectivity index (χ1) is 9.24. The number of hydrogen-bond acceptors (Lipinski definition) is 2. The number of unbranched alkanes of at least 4 members (excludes halogenated alkanes) is 3. The molecule has 1 atom stereocenters. The van der Waals surface area contributed by atoms with E-state index in [4.69, 9.17) is 0 Å². The number of nitrogens with one attached hydrogen (secondary N) is 2. The lowest BCUT2D eigenvalue weighted by atomic mass is 10.1. The van der Waals surface area contributed by atoms with Crippen molar-refractivity contribution in [2.45, 2.75) is 65.3 Å². The van der Waals surface area contributed by atoms with E-state index < -0.39 is 0 Å². The number of thioether (sulfide) groups is 1. The number of rotatable bonds is 11. The van der Waals surface area contributed by atoms with Gasteiger partial charge in [-0.2, -0.15) is 11.8 Å². The highest BCUT2D eigenvalue weighted by molar-refractivity contribution is 7.98. The minimum atomic E-state index is 0.510. The maximum Gasteiger partial charge on any atom is 0.191 e. The van der Waals surface area contributed by atoms with E-state index in [2.05, 4.69) is 42.7 Å². The third-order valence-corrected chi connectivity index (χ3v) is 3.69. The van der Waals surface area contributed by atoms with Crippen LogP contribution in [0.4, 0.5) is 0 Å². The lowest BCUT2D eigenvalue weighted by Gasteiger charge is -2.17. The molecule has 4 heteroatoms. The molecule has 114 valence electrons. The zero-order chi connectivity index (χ0) is 14.3. The largest absolute Gasteiger partial charge is 0.357 e. The van der Waals surface area contributed by atoms with Gasteiger partial charge in [0.1, 0.15) is 0 Å². The summed E-state index contributed by atoms with van der Waals surface area (Å²) < 4.78 is 0. The SMILES string of the molecule is CCCCCC(C)NC(=NCCCCSC)NCC. The third kappa shape index (κ3) is 12.4. The van der Waals surface area contributed by atoms with Crippen LogP contribution in [-0.2, 0) is 0 Å². The Bertz CT molecular complexity index is 219. The smallest absolute Gasteiger partial charge is 0.191 e. The molecule has 0 aliphatic carbocycles. The average molecular weight is 288 g/mol. The Hall–Kier alpha value is -0.380. The van der Waals surface area contributed by atoms with Crippen molar-refractivity contribution in [1.29, 1.82) is 0 Å². The Labute approximate surface area is 124 Å². The summed E-state index contributed by atoms with van der Waals surface area (Å²) in [7, 11) is 0. The van der Waals surface area contributed by atoms with Gasteiger partial charge in [0.15, 0.2) is 5.96 Å². The van der Waals surface area contributed by atoms with Gasteiger partial charge in [-0.1, -0.05) is 26.2 Å². The molecule has 0 radical (unpaired) electrons. The molecule has 0 aromatic rings. The Kier molecular flexibility index (Phi) is 13.8. The normalized spacial score (nSPS) is 13.4. The molecular formula is C15H33N3S. The molecule has 0 saturated carbocycles. The lowest BCUT2D eigenvalue weighted by molar-refractivity contribution is 0.546. The summed E-state index contributed by atoms with van der Waals surface area (Å²) in [5.41, 5.74) is 0. The van der Waals surface area contributed by atoms with Crippen LogP contribution in [0, 0.1) is 0 Å². The van der Waals surface area contributed by atoms with E-state index in [1.807, 2.05) is 11.8 Å². The monoisotopic (exact) mass is 287 g/mol. The Morgan fingerprint density at radius 3 is 2.58 bits per heavy atom. The number of guanidine groups is 1. The van der Waals surface area contributed by atoms with Crippen molar-refractivity contribution in [3.63, 3.8) is 0 Å². The molecule has 0 aliphatic heterocycles. The summed E-state index contributed by atoms with van der Waals surface area (Å²) >= 11 is 1.91. The maximum atomic E-state index is 4.64. The van der Waals surface area contributed by atoms with E-state index in [9.17, 15) is 0 Å². The summed E-state index contributed by atoms with van der Waals surface area (Å²) in [5, 5.41) is 6.83. The van der Waals surface area contributed by atoms with E-state index in [1.54, 1.807) is 0 Å². The molecule has 0 spiro atoms. The van der Waals surface area contributed by atoms with Gasteiger partial charge in [0.25, 0.3) is 0 Å². The summed E-state index contributed by atoms with van der Waals surface area (Å²) in [6, 6.07) is 0.510. The molecule has 3 nitrogen and oxygen atoms in total. The van der Waals surface area contributed by atoms with E-state index in [-0.39, 0.29) is 0 Å². The minimum Gasteiger partial charge on any atom is -0.357 e. The highest BCUT2D eigenvalue weighted by Crippen LogP contribution is 2.03. The van der Waals surface area contributed by atoms with E-state index in [1.165, 1.54) is 44.3 Å². The fourth-order valence-electron chi connectivity index (χ4n) is 1.88. The van der Waals surface area contributed by atoms with Gasteiger partial charge in [-0.25, -0.2) is 0 Å². The molecule has 1 unspecified atom stereocenters. The third-order valence-electron chi connectivity index (χ3n) is 2.99. The highest BCUT2D eigenvalue weighted by atomic mass is 32.2. The molecule has 0 fully saturated rings. The summed E-state index contributed by atoms with van der Waals surface area (Å²) in [6.45, 7) is 8.47. The second-order valence-corrected chi connectivity index (χ2v) is 5.99. The average Bonchev–Trinajstić information content (AvgIpc) is 2.39. The summed E-state index contributed by atoms with van der Waals surface area (Å²) in [5.74, 6) is 2.23. The number of aliphatic imine (C=N–C) groups is 1. The Morgan fingerprint density at radius 2 is 1.95 bits per heavy atom. The maximum absolute atomic E-state index is 4.64.